The number of hydrogen-bond donors (Lipinski definition) is 1. The highest BCUT2D eigenvalue weighted by molar-refractivity contribution is 7.90. The highest BCUT2D eigenvalue weighted by Crippen LogP contribution is 2.35. The zero-order valence-electron chi connectivity index (χ0n) is 12.5. The van der Waals surface area contributed by atoms with Crippen molar-refractivity contribution in [2.45, 2.75) is 36.6 Å². The van der Waals surface area contributed by atoms with Crippen molar-refractivity contribution in [2.75, 3.05) is 30.8 Å². The van der Waals surface area contributed by atoms with Crippen LogP contribution in [0.2, 0.25) is 0 Å². The van der Waals surface area contributed by atoms with E-state index in [9.17, 15) is 8.42 Å². The van der Waals surface area contributed by atoms with Crippen molar-refractivity contribution in [3.63, 3.8) is 0 Å². The second-order valence-corrected chi connectivity index (χ2v) is 8.16. The van der Waals surface area contributed by atoms with E-state index in [1.807, 2.05) is 0 Å². The molecule has 1 aromatic heterocycles. The van der Waals surface area contributed by atoms with E-state index in [0.29, 0.717) is 22.7 Å². The summed E-state index contributed by atoms with van der Waals surface area (Å²) in [5, 5.41) is 3.38. The van der Waals surface area contributed by atoms with E-state index in [4.69, 9.17) is 0 Å². The van der Waals surface area contributed by atoms with E-state index < -0.39 is 9.84 Å². The standard InChI is InChI=1S/C15H23N3O2S/c1-21(19,20)14-3-2-8-17-15(14)18(13-4-5-13)11-12-6-9-16-10-7-12/h2-3,8,12-13,16H,4-7,9-11H2,1H3. The number of anilines is 1. The number of nitrogens with one attached hydrogen (secondary N) is 1. The van der Waals surface area contributed by atoms with Gasteiger partial charge in [0.05, 0.1) is 0 Å². The minimum atomic E-state index is -3.24. The van der Waals surface area contributed by atoms with Crippen LogP contribution in [-0.2, 0) is 9.84 Å². The van der Waals surface area contributed by atoms with Gasteiger partial charge < -0.3 is 10.2 Å². The monoisotopic (exact) mass is 309 g/mol. The summed E-state index contributed by atoms with van der Waals surface area (Å²) in [7, 11) is -3.24. The minimum Gasteiger partial charge on any atom is -0.352 e. The topological polar surface area (TPSA) is 62.3 Å². The Bertz CT molecular complexity index is 593. The number of piperidine rings is 1. The first-order valence-electron chi connectivity index (χ1n) is 7.68. The van der Waals surface area contributed by atoms with Crippen molar-refractivity contribution >= 4 is 15.7 Å². The molecule has 0 radical (unpaired) electrons. The van der Waals surface area contributed by atoms with Gasteiger partial charge in [-0.1, -0.05) is 0 Å². The second-order valence-electron chi connectivity index (χ2n) is 6.17. The molecule has 1 saturated heterocycles. The molecular weight excluding hydrogens is 286 g/mol. The molecule has 2 aliphatic rings. The van der Waals surface area contributed by atoms with E-state index in [1.54, 1.807) is 18.3 Å². The summed E-state index contributed by atoms with van der Waals surface area (Å²) in [6, 6.07) is 3.85. The van der Waals surface area contributed by atoms with Crippen molar-refractivity contribution in [1.82, 2.24) is 10.3 Å². The molecule has 1 aliphatic heterocycles. The summed E-state index contributed by atoms with van der Waals surface area (Å²) >= 11 is 0. The molecule has 3 rings (SSSR count). The Morgan fingerprint density at radius 1 is 1.29 bits per heavy atom. The molecule has 116 valence electrons. The smallest absolute Gasteiger partial charge is 0.179 e. The van der Waals surface area contributed by atoms with Gasteiger partial charge in [-0.05, 0) is 56.8 Å². The maximum absolute atomic E-state index is 12.0. The maximum atomic E-state index is 12.0. The third-order valence-electron chi connectivity index (χ3n) is 4.32. The highest BCUT2D eigenvalue weighted by Gasteiger charge is 2.34. The molecule has 21 heavy (non-hydrogen) atoms. The van der Waals surface area contributed by atoms with Crippen LogP contribution in [0.3, 0.4) is 0 Å². The Hall–Kier alpha value is -1.14. The van der Waals surface area contributed by atoms with Crippen LogP contribution in [0.1, 0.15) is 25.7 Å². The molecule has 1 aromatic rings. The zero-order chi connectivity index (χ0) is 14.9. The molecule has 0 bridgehead atoms. The summed E-state index contributed by atoms with van der Waals surface area (Å²) in [6.45, 7) is 3.04. The van der Waals surface area contributed by atoms with E-state index in [2.05, 4.69) is 15.2 Å². The van der Waals surface area contributed by atoms with E-state index in [-0.39, 0.29) is 0 Å². The minimum absolute atomic E-state index is 0.367. The van der Waals surface area contributed by atoms with Crippen LogP contribution in [0, 0.1) is 5.92 Å². The predicted octanol–water partition coefficient (Wildman–Crippen LogP) is 1.45. The van der Waals surface area contributed by atoms with Gasteiger partial charge in [-0.15, -0.1) is 0 Å². The Labute approximate surface area is 126 Å². The normalized spacial score (nSPS) is 20.4. The summed E-state index contributed by atoms with van der Waals surface area (Å²) in [4.78, 5) is 7.01. The van der Waals surface area contributed by atoms with Gasteiger partial charge in [-0.3, -0.25) is 0 Å². The quantitative estimate of drug-likeness (QED) is 0.892. The van der Waals surface area contributed by atoms with Crippen LogP contribution in [0.15, 0.2) is 23.2 Å². The number of sulfone groups is 1. The Balaban J connectivity index is 1.87. The zero-order valence-corrected chi connectivity index (χ0v) is 13.3. The Morgan fingerprint density at radius 2 is 2.00 bits per heavy atom. The molecule has 0 unspecified atom stereocenters. The van der Waals surface area contributed by atoms with E-state index in [0.717, 1.165) is 45.3 Å². The Kier molecular flexibility index (Phi) is 4.17. The number of pyridine rings is 1. The largest absolute Gasteiger partial charge is 0.352 e. The number of aromatic nitrogens is 1. The van der Waals surface area contributed by atoms with Gasteiger partial charge in [0.2, 0.25) is 0 Å². The molecular formula is C15H23N3O2S. The molecule has 1 aliphatic carbocycles. The van der Waals surface area contributed by atoms with Gasteiger partial charge in [0, 0.05) is 25.0 Å². The lowest BCUT2D eigenvalue weighted by Crippen LogP contribution is -2.38. The van der Waals surface area contributed by atoms with Crippen molar-refractivity contribution in [1.29, 1.82) is 0 Å². The molecule has 0 aromatic carbocycles. The van der Waals surface area contributed by atoms with Gasteiger partial charge in [0.15, 0.2) is 9.84 Å². The van der Waals surface area contributed by atoms with Crippen LogP contribution < -0.4 is 10.2 Å². The average molecular weight is 309 g/mol. The van der Waals surface area contributed by atoms with Crippen molar-refractivity contribution in [3.8, 4) is 0 Å². The lowest BCUT2D eigenvalue weighted by atomic mass is 9.97. The van der Waals surface area contributed by atoms with Crippen LogP contribution >= 0.6 is 0 Å². The first-order valence-corrected chi connectivity index (χ1v) is 9.57. The molecule has 1 N–H and O–H groups in total. The summed E-state index contributed by atoms with van der Waals surface area (Å²) in [5.41, 5.74) is 0. The summed E-state index contributed by atoms with van der Waals surface area (Å²) < 4.78 is 24.0. The van der Waals surface area contributed by atoms with Gasteiger partial charge in [0.25, 0.3) is 0 Å². The fourth-order valence-electron chi connectivity index (χ4n) is 3.02. The van der Waals surface area contributed by atoms with Crippen molar-refractivity contribution in [2.24, 2.45) is 5.92 Å². The Morgan fingerprint density at radius 3 is 2.62 bits per heavy atom. The summed E-state index contributed by atoms with van der Waals surface area (Å²) in [6.07, 6.45) is 7.56. The van der Waals surface area contributed by atoms with Gasteiger partial charge in [-0.2, -0.15) is 0 Å². The van der Waals surface area contributed by atoms with Crippen LogP contribution in [0.25, 0.3) is 0 Å². The van der Waals surface area contributed by atoms with Crippen LogP contribution in [0.5, 0.6) is 0 Å². The second kappa shape index (κ2) is 5.93. The van der Waals surface area contributed by atoms with Gasteiger partial charge in [0.1, 0.15) is 10.7 Å². The molecule has 1 saturated carbocycles. The highest BCUT2D eigenvalue weighted by atomic mass is 32.2. The fraction of sp³-hybridized carbons (Fsp3) is 0.667. The number of hydrogen-bond acceptors (Lipinski definition) is 5. The van der Waals surface area contributed by atoms with Gasteiger partial charge in [-0.25, -0.2) is 13.4 Å². The molecule has 0 spiro atoms. The average Bonchev–Trinajstić information content (AvgIpc) is 3.30. The molecule has 6 heteroatoms. The molecule has 2 heterocycles. The fourth-order valence-corrected chi connectivity index (χ4v) is 3.85. The lowest BCUT2D eigenvalue weighted by Gasteiger charge is -2.31. The molecule has 2 fully saturated rings. The SMILES string of the molecule is CS(=O)(=O)c1cccnc1N(CC1CCNCC1)C1CC1. The number of nitrogens with zero attached hydrogens (tertiary/aromatic N) is 2. The molecule has 0 amide bonds. The maximum Gasteiger partial charge on any atom is 0.179 e. The lowest BCUT2D eigenvalue weighted by molar-refractivity contribution is 0.371. The first kappa shape index (κ1) is 14.8. The van der Waals surface area contributed by atoms with Crippen molar-refractivity contribution < 1.29 is 8.42 Å². The van der Waals surface area contributed by atoms with E-state index in [1.165, 1.54) is 6.26 Å². The first-order chi connectivity index (χ1) is 10.1. The van der Waals surface area contributed by atoms with E-state index >= 15 is 0 Å². The molecule has 5 nitrogen and oxygen atoms in total. The summed E-state index contributed by atoms with van der Waals surface area (Å²) in [5.74, 6) is 1.28. The predicted molar refractivity (Wildman–Crippen MR) is 83.3 cm³/mol. The third kappa shape index (κ3) is 3.55. The van der Waals surface area contributed by atoms with Gasteiger partial charge >= 0.3 is 0 Å². The van der Waals surface area contributed by atoms with Crippen LogP contribution in [-0.4, -0.2) is 45.3 Å². The third-order valence-corrected chi connectivity index (χ3v) is 5.44. The molecule has 0 atom stereocenters. The van der Waals surface area contributed by atoms with Crippen molar-refractivity contribution in [3.05, 3.63) is 18.3 Å². The van der Waals surface area contributed by atoms with Crippen LogP contribution in [0.4, 0.5) is 5.82 Å². The number of rotatable bonds is 5.